The first-order valence-corrected chi connectivity index (χ1v) is 7.16. The molecule has 0 bridgehead atoms. The van der Waals surface area contributed by atoms with Crippen LogP contribution < -0.4 is 0 Å². The van der Waals surface area contributed by atoms with E-state index in [2.05, 4.69) is 15.9 Å². The van der Waals surface area contributed by atoms with Crippen molar-refractivity contribution < 1.29 is 19.0 Å². The standard InChI is InChI=1S/C12H19BrO4/c1-2-16-12(14)8-5-10(13)11(6-8)17-9-3-4-15-7-9/h8-11H,2-7H2,1H3. The molecule has 0 spiro atoms. The molecule has 0 N–H and O–H groups in total. The number of halogens is 1. The summed E-state index contributed by atoms with van der Waals surface area (Å²) in [4.78, 5) is 11.9. The second-order valence-corrected chi connectivity index (χ2v) is 5.77. The lowest BCUT2D eigenvalue weighted by molar-refractivity contribution is -0.148. The molecule has 2 fully saturated rings. The Bertz CT molecular complexity index is 265. The van der Waals surface area contributed by atoms with E-state index in [0.29, 0.717) is 13.2 Å². The van der Waals surface area contributed by atoms with Gasteiger partial charge in [0, 0.05) is 11.4 Å². The lowest BCUT2D eigenvalue weighted by Gasteiger charge is -2.19. The first-order chi connectivity index (χ1) is 8.20. The van der Waals surface area contributed by atoms with Gasteiger partial charge in [-0.25, -0.2) is 0 Å². The average molecular weight is 307 g/mol. The molecule has 1 saturated heterocycles. The molecule has 4 nitrogen and oxygen atoms in total. The third-order valence-electron chi connectivity index (χ3n) is 3.31. The van der Waals surface area contributed by atoms with E-state index in [1.165, 1.54) is 0 Å². The molecule has 1 heterocycles. The first-order valence-electron chi connectivity index (χ1n) is 6.24. The summed E-state index contributed by atoms with van der Waals surface area (Å²) in [5.74, 6) is -0.114. The second-order valence-electron chi connectivity index (χ2n) is 4.60. The third-order valence-corrected chi connectivity index (χ3v) is 4.27. The van der Waals surface area contributed by atoms with Gasteiger partial charge in [0.05, 0.1) is 31.3 Å². The molecule has 1 aliphatic carbocycles. The van der Waals surface area contributed by atoms with E-state index in [-0.39, 0.29) is 28.9 Å². The molecular formula is C12H19BrO4. The SMILES string of the molecule is CCOC(=O)C1CC(Br)C(OC2CCOC2)C1. The van der Waals surface area contributed by atoms with E-state index in [1.807, 2.05) is 6.92 Å². The second kappa shape index (κ2) is 6.16. The van der Waals surface area contributed by atoms with Gasteiger partial charge in [0.1, 0.15) is 0 Å². The molecule has 0 aromatic carbocycles. The molecule has 0 radical (unpaired) electrons. The molecule has 0 aromatic heterocycles. The fourth-order valence-electron chi connectivity index (χ4n) is 2.41. The Morgan fingerprint density at radius 3 is 2.94 bits per heavy atom. The van der Waals surface area contributed by atoms with Crippen molar-refractivity contribution in [2.75, 3.05) is 19.8 Å². The van der Waals surface area contributed by atoms with Gasteiger partial charge in [0.15, 0.2) is 0 Å². The summed E-state index contributed by atoms with van der Waals surface area (Å²) in [7, 11) is 0. The number of carbonyl (C=O) groups is 1. The molecule has 2 aliphatic rings. The van der Waals surface area contributed by atoms with Gasteiger partial charge in [-0.3, -0.25) is 4.79 Å². The van der Waals surface area contributed by atoms with Gasteiger partial charge in [0.2, 0.25) is 0 Å². The van der Waals surface area contributed by atoms with Gasteiger partial charge < -0.3 is 14.2 Å². The predicted octanol–water partition coefficient (Wildman–Crippen LogP) is 1.90. The van der Waals surface area contributed by atoms with Crippen molar-refractivity contribution in [3.05, 3.63) is 0 Å². The predicted molar refractivity (Wildman–Crippen MR) is 66.2 cm³/mol. The Morgan fingerprint density at radius 2 is 2.29 bits per heavy atom. The maximum atomic E-state index is 11.7. The molecule has 5 heteroatoms. The third kappa shape index (κ3) is 3.42. The highest BCUT2D eigenvalue weighted by molar-refractivity contribution is 9.09. The lowest BCUT2D eigenvalue weighted by Crippen LogP contribution is -2.26. The largest absolute Gasteiger partial charge is 0.466 e. The Hall–Kier alpha value is -0.130. The zero-order valence-corrected chi connectivity index (χ0v) is 11.6. The van der Waals surface area contributed by atoms with Crippen LogP contribution in [-0.4, -0.2) is 42.8 Å². The molecule has 2 rings (SSSR count). The maximum absolute atomic E-state index is 11.7. The van der Waals surface area contributed by atoms with Gasteiger partial charge >= 0.3 is 5.97 Å². The van der Waals surface area contributed by atoms with Crippen molar-refractivity contribution in [2.24, 2.45) is 5.92 Å². The molecule has 0 amide bonds. The normalized spacial score (nSPS) is 37.3. The molecule has 98 valence electrons. The van der Waals surface area contributed by atoms with Crippen molar-refractivity contribution in [1.82, 2.24) is 0 Å². The van der Waals surface area contributed by atoms with Crippen LogP contribution in [0.3, 0.4) is 0 Å². The van der Waals surface area contributed by atoms with Crippen LogP contribution in [0.15, 0.2) is 0 Å². The summed E-state index contributed by atoms with van der Waals surface area (Å²) in [6.07, 6.45) is 2.82. The Labute approximate surface area is 110 Å². The monoisotopic (exact) mass is 306 g/mol. The van der Waals surface area contributed by atoms with Crippen LogP contribution in [0, 0.1) is 5.92 Å². The van der Waals surface area contributed by atoms with Crippen molar-refractivity contribution in [2.45, 2.75) is 43.2 Å². The van der Waals surface area contributed by atoms with Crippen LogP contribution in [0.2, 0.25) is 0 Å². The summed E-state index contributed by atoms with van der Waals surface area (Å²) < 4.78 is 16.3. The molecular weight excluding hydrogens is 288 g/mol. The van der Waals surface area contributed by atoms with E-state index < -0.39 is 0 Å². The zero-order chi connectivity index (χ0) is 12.3. The van der Waals surface area contributed by atoms with Crippen molar-refractivity contribution >= 4 is 21.9 Å². The Kier molecular flexibility index (Phi) is 4.82. The minimum atomic E-state index is -0.0919. The number of rotatable bonds is 4. The lowest BCUT2D eigenvalue weighted by atomic mass is 10.1. The molecule has 17 heavy (non-hydrogen) atoms. The zero-order valence-electron chi connectivity index (χ0n) is 10.1. The molecule has 0 aromatic rings. The van der Waals surface area contributed by atoms with E-state index in [9.17, 15) is 4.79 Å². The van der Waals surface area contributed by atoms with E-state index in [1.54, 1.807) is 0 Å². The van der Waals surface area contributed by atoms with Gasteiger partial charge in [0.25, 0.3) is 0 Å². The topological polar surface area (TPSA) is 44.8 Å². The molecule has 1 saturated carbocycles. The minimum absolute atomic E-state index is 0.0216. The van der Waals surface area contributed by atoms with Crippen LogP contribution in [0.4, 0.5) is 0 Å². The number of carbonyl (C=O) groups excluding carboxylic acids is 1. The Morgan fingerprint density at radius 1 is 1.47 bits per heavy atom. The van der Waals surface area contributed by atoms with Crippen LogP contribution in [0.1, 0.15) is 26.2 Å². The smallest absolute Gasteiger partial charge is 0.309 e. The number of hydrogen-bond donors (Lipinski definition) is 0. The van der Waals surface area contributed by atoms with Crippen molar-refractivity contribution in [3.8, 4) is 0 Å². The van der Waals surface area contributed by atoms with Crippen LogP contribution in [-0.2, 0) is 19.0 Å². The van der Waals surface area contributed by atoms with Crippen LogP contribution >= 0.6 is 15.9 Å². The first kappa shape index (κ1) is 13.3. The van der Waals surface area contributed by atoms with E-state index in [4.69, 9.17) is 14.2 Å². The highest BCUT2D eigenvalue weighted by atomic mass is 79.9. The summed E-state index contributed by atoms with van der Waals surface area (Å²) in [5.41, 5.74) is 0. The van der Waals surface area contributed by atoms with Gasteiger partial charge in [-0.15, -0.1) is 0 Å². The molecule has 4 unspecified atom stereocenters. The number of hydrogen-bond acceptors (Lipinski definition) is 4. The van der Waals surface area contributed by atoms with Crippen LogP contribution in [0.25, 0.3) is 0 Å². The highest BCUT2D eigenvalue weighted by Crippen LogP contribution is 2.35. The van der Waals surface area contributed by atoms with Crippen molar-refractivity contribution in [3.63, 3.8) is 0 Å². The van der Waals surface area contributed by atoms with Gasteiger partial charge in [-0.05, 0) is 26.2 Å². The fourth-order valence-corrected chi connectivity index (χ4v) is 3.20. The minimum Gasteiger partial charge on any atom is -0.466 e. The van der Waals surface area contributed by atoms with Crippen molar-refractivity contribution in [1.29, 1.82) is 0 Å². The van der Waals surface area contributed by atoms with Gasteiger partial charge in [-0.2, -0.15) is 0 Å². The van der Waals surface area contributed by atoms with E-state index in [0.717, 1.165) is 25.9 Å². The summed E-state index contributed by atoms with van der Waals surface area (Å²) in [6.45, 7) is 3.75. The maximum Gasteiger partial charge on any atom is 0.309 e. The number of alkyl halides is 1. The number of esters is 1. The Balaban J connectivity index is 1.81. The fraction of sp³-hybridized carbons (Fsp3) is 0.917. The van der Waals surface area contributed by atoms with Gasteiger partial charge in [-0.1, -0.05) is 15.9 Å². The molecule has 1 aliphatic heterocycles. The summed E-state index contributed by atoms with van der Waals surface area (Å²) >= 11 is 3.60. The molecule has 4 atom stereocenters. The summed E-state index contributed by atoms with van der Waals surface area (Å²) in [6, 6.07) is 0. The van der Waals surface area contributed by atoms with E-state index >= 15 is 0 Å². The van der Waals surface area contributed by atoms with Crippen LogP contribution in [0.5, 0.6) is 0 Å². The average Bonchev–Trinajstić information content (AvgIpc) is 2.91. The number of ether oxygens (including phenoxy) is 3. The summed E-state index contributed by atoms with van der Waals surface area (Å²) in [5, 5.41) is 0. The highest BCUT2D eigenvalue weighted by Gasteiger charge is 2.39. The quantitative estimate of drug-likeness (QED) is 0.588.